The zero-order valence-electron chi connectivity index (χ0n) is 6.69. The van der Waals surface area contributed by atoms with E-state index >= 15 is 0 Å². The Hall–Kier alpha value is 0.440. The van der Waals surface area contributed by atoms with Crippen molar-refractivity contribution >= 4 is 15.9 Å². The van der Waals surface area contributed by atoms with Crippen LogP contribution in [0.4, 0.5) is 0 Å². The van der Waals surface area contributed by atoms with Gasteiger partial charge in [-0.2, -0.15) is 0 Å². The highest BCUT2D eigenvalue weighted by molar-refractivity contribution is 9.09. The number of hydrogen-bond donors (Lipinski definition) is 0. The molecule has 10 heavy (non-hydrogen) atoms. The minimum absolute atomic E-state index is 0.138. The Kier molecular flexibility index (Phi) is 2.75. The molecule has 0 aromatic rings. The fourth-order valence-electron chi connectivity index (χ4n) is 1.17. The largest absolute Gasteiger partial charge is 0.375 e. The van der Waals surface area contributed by atoms with Crippen LogP contribution in [0.25, 0.3) is 0 Å². The van der Waals surface area contributed by atoms with Gasteiger partial charge in [0.2, 0.25) is 0 Å². The monoisotopic (exact) mass is 206 g/mol. The first-order valence-electron chi connectivity index (χ1n) is 3.84. The second-order valence-electron chi connectivity index (χ2n) is 3.63. The number of rotatable bonds is 1. The summed E-state index contributed by atoms with van der Waals surface area (Å²) < 4.78 is 5.64. The Bertz CT molecular complexity index is 102. The molecular weight excluding hydrogens is 192 g/mol. The molecule has 1 aliphatic heterocycles. The molecule has 2 heteroatoms. The summed E-state index contributed by atoms with van der Waals surface area (Å²) >= 11 is 3.47. The highest BCUT2D eigenvalue weighted by Gasteiger charge is 2.26. The molecule has 60 valence electrons. The summed E-state index contributed by atoms with van der Waals surface area (Å²) in [6.45, 7) is 5.26. The first-order valence-corrected chi connectivity index (χ1v) is 4.96. The third kappa shape index (κ3) is 2.24. The van der Waals surface area contributed by atoms with Gasteiger partial charge in [-0.1, -0.05) is 15.9 Å². The molecule has 1 fully saturated rings. The maximum atomic E-state index is 5.64. The van der Waals surface area contributed by atoms with Crippen LogP contribution >= 0.6 is 15.9 Å². The van der Waals surface area contributed by atoms with Crippen molar-refractivity contribution in [1.82, 2.24) is 0 Å². The molecule has 1 heterocycles. The summed E-state index contributed by atoms with van der Waals surface area (Å²) in [6.07, 6.45) is 2.50. The fraction of sp³-hybridized carbons (Fsp3) is 1.00. The van der Waals surface area contributed by atoms with Crippen LogP contribution in [0.1, 0.15) is 26.7 Å². The molecule has 0 N–H and O–H groups in total. The molecule has 1 nitrogen and oxygen atoms in total. The molecule has 0 radical (unpaired) electrons. The third-order valence-corrected chi connectivity index (χ3v) is 3.00. The molecule has 1 atom stereocenters. The molecule has 1 rings (SSSR count). The Morgan fingerprint density at radius 1 is 1.60 bits per heavy atom. The van der Waals surface area contributed by atoms with Crippen LogP contribution in [0.5, 0.6) is 0 Å². The Balaban J connectivity index is 2.31. The van der Waals surface area contributed by atoms with Gasteiger partial charge in [0.25, 0.3) is 0 Å². The summed E-state index contributed by atoms with van der Waals surface area (Å²) in [6, 6.07) is 0. The van der Waals surface area contributed by atoms with Gasteiger partial charge in [0, 0.05) is 5.33 Å². The molecule has 0 saturated carbocycles. The summed E-state index contributed by atoms with van der Waals surface area (Å²) in [5, 5.41) is 1.09. The molecule has 0 aromatic heterocycles. The minimum atomic E-state index is 0.138. The van der Waals surface area contributed by atoms with Crippen molar-refractivity contribution in [3.05, 3.63) is 0 Å². The van der Waals surface area contributed by atoms with Crippen LogP contribution in [-0.2, 0) is 4.74 Å². The van der Waals surface area contributed by atoms with Gasteiger partial charge in [-0.15, -0.1) is 0 Å². The second-order valence-corrected chi connectivity index (χ2v) is 4.28. The van der Waals surface area contributed by atoms with Gasteiger partial charge in [0.05, 0.1) is 12.2 Å². The Morgan fingerprint density at radius 2 is 2.30 bits per heavy atom. The van der Waals surface area contributed by atoms with E-state index in [0.717, 1.165) is 17.9 Å². The van der Waals surface area contributed by atoms with Gasteiger partial charge in [-0.3, -0.25) is 0 Å². The molecule has 1 unspecified atom stereocenters. The minimum Gasteiger partial charge on any atom is -0.375 e. The predicted molar refractivity (Wildman–Crippen MR) is 46.5 cm³/mol. The lowest BCUT2D eigenvalue weighted by Gasteiger charge is -2.33. The summed E-state index contributed by atoms with van der Waals surface area (Å²) in [5.74, 6) is 0.744. The SMILES string of the molecule is CC1(C)CCC(CBr)CO1. The Labute approximate surface area is 71.3 Å². The number of halogens is 1. The number of alkyl halides is 1. The van der Waals surface area contributed by atoms with E-state index in [4.69, 9.17) is 4.74 Å². The van der Waals surface area contributed by atoms with Gasteiger partial charge in [0.15, 0.2) is 0 Å². The smallest absolute Gasteiger partial charge is 0.0626 e. The van der Waals surface area contributed by atoms with Crippen LogP contribution in [0, 0.1) is 5.92 Å². The average Bonchev–Trinajstić information content (AvgIpc) is 1.88. The first-order chi connectivity index (χ1) is 4.64. The second kappa shape index (κ2) is 3.22. The standard InChI is InChI=1S/C8H15BrO/c1-8(2)4-3-7(5-9)6-10-8/h7H,3-6H2,1-2H3. The van der Waals surface area contributed by atoms with E-state index in [0.29, 0.717) is 0 Å². The molecular formula is C8H15BrO. The summed E-state index contributed by atoms with van der Waals surface area (Å²) in [7, 11) is 0. The van der Waals surface area contributed by atoms with Crippen molar-refractivity contribution in [3.63, 3.8) is 0 Å². The quantitative estimate of drug-likeness (QED) is 0.600. The van der Waals surface area contributed by atoms with Gasteiger partial charge in [-0.05, 0) is 32.6 Å². The maximum absolute atomic E-state index is 5.64. The third-order valence-electron chi connectivity index (χ3n) is 2.08. The van der Waals surface area contributed by atoms with Gasteiger partial charge in [-0.25, -0.2) is 0 Å². The van der Waals surface area contributed by atoms with Crippen molar-refractivity contribution in [2.45, 2.75) is 32.3 Å². The predicted octanol–water partition coefficient (Wildman–Crippen LogP) is 2.59. The Morgan fingerprint density at radius 3 is 2.70 bits per heavy atom. The average molecular weight is 207 g/mol. The van der Waals surface area contributed by atoms with E-state index in [1.165, 1.54) is 12.8 Å². The molecule has 0 aliphatic carbocycles. The van der Waals surface area contributed by atoms with Gasteiger partial charge < -0.3 is 4.74 Å². The number of ether oxygens (including phenoxy) is 1. The van der Waals surface area contributed by atoms with E-state index in [1.807, 2.05) is 0 Å². The van der Waals surface area contributed by atoms with Crippen molar-refractivity contribution < 1.29 is 4.74 Å². The van der Waals surface area contributed by atoms with E-state index in [2.05, 4.69) is 29.8 Å². The van der Waals surface area contributed by atoms with Crippen LogP contribution in [-0.4, -0.2) is 17.5 Å². The fourth-order valence-corrected chi connectivity index (χ4v) is 1.68. The van der Waals surface area contributed by atoms with E-state index in [9.17, 15) is 0 Å². The normalized spacial score (nSPS) is 32.1. The van der Waals surface area contributed by atoms with Crippen molar-refractivity contribution in [2.75, 3.05) is 11.9 Å². The topological polar surface area (TPSA) is 9.23 Å². The molecule has 0 aromatic carbocycles. The maximum Gasteiger partial charge on any atom is 0.0626 e. The highest BCUT2D eigenvalue weighted by Crippen LogP contribution is 2.27. The number of hydrogen-bond acceptors (Lipinski definition) is 1. The van der Waals surface area contributed by atoms with Crippen LogP contribution in [0.3, 0.4) is 0 Å². The molecule has 1 aliphatic rings. The van der Waals surface area contributed by atoms with Gasteiger partial charge in [0.1, 0.15) is 0 Å². The summed E-state index contributed by atoms with van der Waals surface area (Å²) in [5.41, 5.74) is 0.138. The molecule has 0 bridgehead atoms. The first kappa shape index (κ1) is 8.54. The lowest BCUT2D eigenvalue weighted by molar-refractivity contribution is -0.0715. The zero-order valence-corrected chi connectivity index (χ0v) is 8.28. The van der Waals surface area contributed by atoms with Gasteiger partial charge >= 0.3 is 0 Å². The highest BCUT2D eigenvalue weighted by atomic mass is 79.9. The van der Waals surface area contributed by atoms with Crippen molar-refractivity contribution in [1.29, 1.82) is 0 Å². The van der Waals surface area contributed by atoms with Crippen molar-refractivity contribution in [3.8, 4) is 0 Å². The van der Waals surface area contributed by atoms with Crippen molar-refractivity contribution in [2.24, 2.45) is 5.92 Å². The zero-order chi connectivity index (χ0) is 7.61. The molecule has 1 saturated heterocycles. The van der Waals surface area contributed by atoms with Crippen LogP contribution in [0.2, 0.25) is 0 Å². The van der Waals surface area contributed by atoms with E-state index in [1.54, 1.807) is 0 Å². The summed E-state index contributed by atoms with van der Waals surface area (Å²) in [4.78, 5) is 0. The van der Waals surface area contributed by atoms with E-state index < -0.39 is 0 Å². The molecule has 0 amide bonds. The van der Waals surface area contributed by atoms with Crippen LogP contribution in [0.15, 0.2) is 0 Å². The lowest BCUT2D eigenvalue weighted by Crippen LogP contribution is -2.34. The van der Waals surface area contributed by atoms with Crippen LogP contribution < -0.4 is 0 Å². The molecule has 0 spiro atoms. The lowest BCUT2D eigenvalue weighted by atomic mass is 9.93. The van der Waals surface area contributed by atoms with E-state index in [-0.39, 0.29) is 5.60 Å².